The summed E-state index contributed by atoms with van der Waals surface area (Å²) in [5.74, 6) is 0.356. The van der Waals surface area contributed by atoms with Gasteiger partial charge in [0.2, 0.25) is 0 Å². The number of benzene rings is 1. The van der Waals surface area contributed by atoms with E-state index in [0.717, 1.165) is 11.3 Å². The van der Waals surface area contributed by atoms with Crippen LogP contribution in [-0.2, 0) is 11.2 Å². The minimum atomic E-state index is -0.434. The second-order valence-corrected chi connectivity index (χ2v) is 4.36. The molecular formula is C13H14N2O3S. The molecule has 0 amide bonds. The summed E-state index contributed by atoms with van der Waals surface area (Å²) in [5, 5.41) is 0. The zero-order valence-corrected chi connectivity index (χ0v) is 11.5. The molecule has 1 heterocycles. The zero-order valence-electron chi connectivity index (χ0n) is 10.6. The smallest absolute Gasteiger partial charge is 0.356 e. The van der Waals surface area contributed by atoms with Crippen LogP contribution < -0.4 is 4.74 Å². The predicted molar refractivity (Wildman–Crippen MR) is 73.1 cm³/mol. The van der Waals surface area contributed by atoms with E-state index in [1.165, 1.54) is 7.11 Å². The molecule has 0 unspecified atom stereocenters. The van der Waals surface area contributed by atoms with Crippen molar-refractivity contribution in [3.05, 3.63) is 46.0 Å². The summed E-state index contributed by atoms with van der Waals surface area (Å²) in [4.78, 5) is 17.4. The van der Waals surface area contributed by atoms with Crippen molar-refractivity contribution < 1.29 is 14.3 Å². The number of ether oxygens (including phenoxy) is 2. The molecular weight excluding hydrogens is 264 g/mol. The third-order valence-electron chi connectivity index (χ3n) is 2.73. The second kappa shape index (κ2) is 5.71. The molecule has 0 saturated carbocycles. The van der Waals surface area contributed by atoms with E-state index in [0.29, 0.717) is 22.6 Å². The number of carbonyl (C=O) groups is 1. The Morgan fingerprint density at radius 2 is 1.89 bits per heavy atom. The van der Waals surface area contributed by atoms with E-state index >= 15 is 0 Å². The van der Waals surface area contributed by atoms with Gasteiger partial charge in [-0.25, -0.2) is 4.79 Å². The highest BCUT2D eigenvalue weighted by Crippen LogP contribution is 2.16. The van der Waals surface area contributed by atoms with Crippen LogP contribution in [0.15, 0.2) is 24.3 Å². The van der Waals surface area contributed by atoms with Gasteiger partial charge in [-0.15, -0.1) is 0 Å². The van der Waals surface area contributed by atoms with E-state index in [2.05, 4.69) is 9.97 Å². The van der Waals surface area contributed by atoms with Crippen LogP contribution >= 0.6 is 12.2 Å². The molecule has 0 radical (unpaired) electrons. The van der Waals surface area contributed by atoms with Crippen molar-refractivity contribution in [1.29, 1.82) is 0 Å². The van der Waals surface area contributed by atoms with E-state index in [4.69, 9.17) is 21.7 Å². The highest BCUT2D eigenvalue weighted by atomic mass is 32.1. The number of rotatable bonds is 4. The lowest BCUT2D eigenvalue weighted by molar-refractivity contribution is 0.0593. The monoisotopic (exact) mass is 278 g/mol. The summed E-state index contributed by atoms with van der Waals surface area (Å²) >= 11 is 5.00. The van der Waals surface area contributed by atoms with Crippen LogP contribution in [-0.4, -0.2) is 30.2 Å². The van der Waals surface area contributed by atoms with Gasteiger partial charge in [-0.2, -0.15) is 0 Å². The molecule has 2 aromatic rings. The number of methoxy groups -OCH3 is 2. The van der Waals surface area contributed by atoms with Gasteiger partial charge in [-0.3, -0.25) is 0 Å². The molecule has 0 aliphatic carbocycles. The van der Waals surface area contributed by atoms with Crippen molar-refractivity contribution in [2.24, 2.45) is 0 Å². The standard InChI is InChI=1S/C13H14N2O3S/c1-17-9-5-3-8(4-6-9)7-10-11(12(16)18-2)15-13(19)14-10/h3-6H,7H2,1-2H3,(H2,14,15,19). The number of aromatic nitrogens is 2. The van der Waals surface area contributed by atoms with Crippen molar-refractivity contribution in [3.8, 4) is 5.75 Å². The average Bonchev–Trinajstić information content (AvgIpc) is 2.79. The maximum absolute atomic E-state index is 11.6. The van der Waals surface area contributed by atoms with Gasteiger partial charge < -0.3 is 19.4 Å². The van der Waals surface area contributed by atoms with E-state index in [1.54, 1.807) is 7.11 Å². The minimum absolute atomic E-state index is 0.364. The number of carbonyl (C=O) groups excluding carboxylic acids is 1. The fourth-order valence-corrected chi connectivity index (χ4v) is 2.00. The number of aromatic amines is 2. The number of esters is 1. The number of nitrogens with one attached hydrogen (secondary N) is 2. The van der Waals surface area contributed by atoms with Crippen molar-refractivity contribution in [2.45, 2.75) is 6.42 Å². The van der Waals surface area contributed by atoms with Crippen molar-refractivity contribution in [2.75, 3.05) is 14.2 Å². The fraction of sp³-hybridized carbons (Fsp3) is 0.231. The third kappa shape index (κ3) is 3.03. The van der Waals surface area contributed by atoms with Gasteiger partial charge in [0.05, 0.1) is 19.9 Å². The summed E-state index contributed by atoms with van der Waals surface area (Å²) in [6, 6.07) is 7.61. The molecule has 0 aliphatic rings. The van der Waals surface area contributed by atoms with Gasteiger partial charge in [0.15, 0.2) is 4.77 Å². The van der Waals surface area contributed by atoms with Gasteiger partial charge >= 0.3 is 5.97 Å². The molecule has 0 saturated heterocycles. The summed E-state index contributed by atoms with van der Waals surface area (Å²) in [5.41, 5.74) is 2.11. The van der Waals surface area contributed by atoms with Gasteiger partial charge in [-0.05, 0) is 29.9 Å². The molecule has 100 valence electrons. The predicted octanol–water partition coefficient (Wildman–Crippen LogP) is 2.46. The Balaban J connectivity index is 2.27. The van der Waals surface area contributed by atoms with Gasteiger partial charge in [0.1, 0.15) is 11.4 Å². The van der Waals surface area contributed by atoms with Crippen LogP contribution in [0.2, 0.25) is 0 Å². The summed E-state index contributed by atoms with van der Waals surface area (Å²) in [6.07, 6.45) is 0.557. The first-order chi connectivity index (χ1) is 9.13. The summed E-state index contributed by atoms with van der Waals surface area (Å²) < 4.78 is 10.2. The summed E-state index contributed by atoms with van der Waals surface area (Å²) in [6.45, 7) is 0. The van der Waals surface area contributed by atoms with Crippen LogP contribution in [0.4, 0.5) is 0 Å². The fourth-order valence-electron chi connectivity index (χ4n) is 1.78. The van der Waals surface area contributed by atoms with E-state index in [9.17, 15) is 4.79 Å². The van der Waals surface area contributed by atoms with Crippen LogP contribution in [0.25, 0.3) is 0 Å². The number of imidazole rings is 1. The van der Waals surface area contributed by atoms with E-state index in [-0.39, 0.29) is 0 Å². The molecule has 2 N–H and O–H groups in total. The van der Waals surface area contributed by atoms with Crippen LogP contribution in [0.3, 0.4) is 0 Å². The van der Waals surface area contributed by atoms with Crippen LogP contribution in [0.5, 0.6) is 5.75 Å². The second-order valence-electron chi connectivity index (χ2n) is 3.95. The Bertz CT molecular complexity index is 628. The highest BCUT2D eigenvalue weighted by molar-refractivity contribution is 7.71. The third-order valence-corrected chi connectivity index (χ3v) is 2.94. The maximum Gasteiger partial charge on any atom is 0.356 e. The van der Waals surface area contributed by atoms with E-state index in [1.807, 2.05) is 24.3 Å². The molecule has 6 heteroatoms. The quantitative estimate of drug-likeness (QED) is 0.666. The lowest BCUT2D eigenvalue weighted by atomic mass is 10.1. The summed E-state index contributed by atoms with van der Waals surface area (Å²) in [7, 11) is 2.96. The minimum Gasteiger partial charge on any atom is -0.497 e. The van der Waals surface area contributed by atoms with Gasteiger partial charge in [0.25, 0.3) is 0 Å². The molecule has 0 fully saturated rings. The molecule has 0 bridgehead atoms. The lowest BCUT2D eigenvalue weighted by Gasteiger charge is -2.04. The highest BCUT2D eigenvalue weighted by Gasteiger charge is 2.14. The molecule has 2 rings (SSSR count). The molecule has 1 aromatic heterocycles. The lowest BCUT2D eigenvalue weighted by Crippen LogP contribution is -2.06. The maximum atomic E-state index is 11.6. The molecule has 1 aromatic carbocycles. The topological polar surface area (TPSA) is 67.1 Å². The number of hydrogen-bond donors (Lipinski definition) is 2. The van der Waals surface area contributed by atoms with Crippen molar-refractivity contribution in [3.63, 3.8) is 0 Å². The molecule has 0 atom stereocenters. The van der Waals surface area contributed by atoms with Crippen molar-refractivity contribution >= 4 is 18.2 Å². The largest absolute Gasteiger partial charge is 0.497 e. The Kier molecular flexibility index (Phi) is 4.01. The first-order valence-electron chi connectivity index (χ1n) is 5.66. The van der Waals surface area contributed by atoms with Crippen molar-refractivity contribution in [1.82, 2.24) is 9.97 Å². The van der Waals surface area contributed by atoms with Gasteiger partial charge in [0, 0.05) is 6.42 Å². The Morgan fingerprint density at radius 1 is 1.21 bits per heavy atom. The normalized spacial score (nSPS) is 10.2. The number of hydrogen-bond acceptors (Lipinski definition) is 4. The number of H-pyrrole nitrogens is 2. The molecule has 0 spiro atoms. The Hall–Kier alpha value is -2.08. The molecule has 5 nitrogen and oxygen atoms in total. The van der Waals surface area contributed by atoms with Crippen LogP contribution in [0.1, 0.15) is 21.7 Å². The Morgan fingerprint density at radius 3 is 2.47 bits per heavy atom. The first-order valence-corrected chi connectivity index (χ1v) is 6.07. The SMILES string of the molecule is COC(=O)c1[nH]c(=S)[nH]c1Cc1ccc(OC)cc1. The average molecular weight is 278 g/mol. The zero-order chi connectivity index (χ0) is 13.8. The molecule has 19 heavy (non-hydrogen) atoms. The van der Waals surface area contributed by atoms with Gasteiger partial charge in [-0.1, -0.05) is 12.1 Å². The van der Waals surface area contributed by atoms with Crippen LogP contribution in [0, 0.1) is 4.77 Å². The molecule has 0 aliphatic heterocycles. The first kappa shape index (κ1) is 13.4. The van der Waals surface area contributed by atoms with E-state index < -0.39 is 5.97 Å². The Labute approximate surface area is 115 Å².